The van der Waals surface area contributed by atoms with E-state index in [4.69, 9.17) is 24.9 Å². The van der Waals surface area contributed by atoms with Crippen LogP contribution in [0.15, 0.2) is 395 Å². The minimum Gasteiger partial charge on any atom is -0.247 e. The van der Waals surface area contributed by atoms with Crippen molar-refractivity contribution >= 4 is 108 Å². The Morgan fingerprint density at radius 1 is 0.189 bits per heavy atom. The van der Waals surface area contributed by atoms with Crippen molar-refractivity contribution in [1.29, 1.82) is 0 Å². The van der Waals surface area contributed by atoms with E-state index >= 15 is 0 Å². The molecule has 3 aliphatic carbocycles. The molecule has 0 atom stereocenters. The number of benzene rings is 17. The number of hydrogen-bond acceptors (Lipinski definition) is 7. The molecule has 0 aliphatic heterocycles. The first-order valence-corrected chi connectivity index (χ1v) is 43.9. The molecule has 0 amide bonds. The maximum atomic E-state index is 5.44. The van der Waals surface area contributed by atoms with Crippen molar-refractivity contribution in [3.63, 3.8) is 0 Å². The summed E-state index contributed by atoms with van der Waals surface area (Å²) < 4.78 is 0. The molecule has 7 nitrogen and oxygen atoms in total. The fourth-order valence-corrected chi connectivity index (χ4v) is 21.3. The van der Waals surface area contributed by atoms with E-state index in [0.717, 1.165) is 89.3 Å². The van der Waals surface area contributed by atoms with E-state index in [1.54, 1.807) is 12.4 Å². The Morgan fingerprint density at radius 2 is 0.504 bits per heavy atom. The van der Waals surface area contributed by atoms with Gasteiger partial charge in [0.1, 0.15) is 0 Å². The van der Waals surface area contributed by atoms with Gasteiger partial charge in [-0.05, 0) is 140 Å². The SMILES string of the molecule is CC1(C)c2ccccc2-c2nc3c(ccc4ccccc43)c(-c3ccc(-c4cc5ccccc5c5ccccc45)cc3)c21.CC1(C)c2ccccc2-c2nc3c(ccc4ccccc43)c(-c3ccc(-c4ccc5ccc6ccc(-c7ccccc7)nc6c5n4)cc3)c21.CC1(C)c2ccccc2-c2nc3c(ccc4ccccc43)c(-c3ccc(-c4ncccn4)cc3)c21. The second-order valence-corrected chi connectivity index (χ2v) is 35.7. The van der Waals surface area contributed by atoms with E-state index in [2.05, 4.69) is 422 Å². The fraction of sp³-hybridized carbons (Fsp3) is 0.0750. The summed E-state index contributed by atoms with van der Waals surface area (Å²) in [6, 6.07) is 137. The average molecular weight is 1620 g/mol. The molecule has 127 heavy (non-hydrogen) atoms. The van der Waals surface area contributed by atoms with Gasteiger partial charge in [-0.2, -0.15) is 0 Å². The first kappa shape index (κ1) is 75.0. The number of rotatable bonds is 7. The normalized spacial score (nSPS) is 13.5. The molecule has 6 aromatic heterocycles. The van der Waals surface area contributed by atoms with E-state index in [1.165, 1.54) is 165 Å². The van der Waals surface area contributed by atoms with Gasteiger partial charge in [0.2, 0.25) is 0 Å². The van der Waals surface area contributed by atoms with Crippen LogP contribution < -0.4 is 0 Å². The Hall–Kier alpha value is -15.8. The second kappa shape index (κ2) is 29.2. The third-order valence-corrected chi connectivity index (χ3v) is 27.4. The van der Waals surface area contributed by atoms with Crippen molar-refractivity contribution < 1.29 is 0 Å². The largest absolute Gasteiger partial charge is 0.247 e. The van der Waals surface area contributed by atoms with Crippen LogP contribution >= 0.6 is 0 Å². The molecule has 0 N–H and O–H groups in total. The minimum absolute atomic E-state index is 0.157. The summed E-state index contributed by atoms with van der Waals surface area (Å²) in [5.41, 5.74) is 34.4. The number of hydrogen-bond donors (Lipinski definition) is 0. The van der Waals surface area contributed by atoms with Crippen LogP contribution in [0.2, 0.25) is 0 Å². The molecule has 0 saturated carbocycles. The number of pyridine rings is 5. The second-order valence-electron chi connectivity index (χ2n) is 35.7. The Bertz CT molecular complexity index is 8510. The molecule has 0 radical (unpaired) electrons. The predicted molar refractivity (Wildman–Crippen MR) is 530 cm³/mol. The molecule has 0 spiro atoms. The van der Waals surface area contributed by atoms with Gasteiger partial charge in [0.25, 0.3) is 0 Å². The lowest BCUT2D eigenvalue weighted by molar-refractivity contribution is 0.661. The smallest absolute Gasteiger partial charge is 0.159 e. The number of nitrogens with zero attached hydrogens (tertiary/aromatic N) is 7. The van der Waals surface area contributed by atoms with Gasteiger partial charge >= 0.3 is 0 Å². The van der Waals surface area contributed by atoms with Crippen molar-refractivity contribution in [3.05, 3.63) is 428 Å². The van der Waals surface area contributed by atoms with Gasteiger partial charge in [0, 0.05) is 105 Å². The minimum atomic E-state index is -0.195. The summed E-state index contributed by atoms with van der Waals surface area (Å²) in [7, 11) is 0. The molecule has 0 unspecified atom stereocenters. The molecule has 598 valence electrons. The van der Waals surface area contributed by atoms with Gasteiger partial charge in [-0.25, -0.2) is 34.9 Å². The average Bonchev–Trinajstić information content (AvgIpc) is 1.56. The lowest BCUT2D eigenvalue weighted by Crippen LogP contribution is -2.16. The van der Waals surface area contributed by atoms with Crippen molar-refractivity contribution in [2.75, 3.05) is 0 Å². The highest BCUT2D eigenvalue weighted by atomic mass is 14.9. The molecule has 3 aliphatic rings. The summed E-state index contributed by atoms with van der Waals surface area (Å²) in [5, 5.41) is 18.1. The van der Waals surface area contributed by atoms with Crippen molar-refractivity contribution in [2.24, 2.45) is 0 Å². The van der Waals surface area contributed by atoms with Gasteiger partial charge in [-0.3, -0.25) is 0 Å². The summed E-state index contributed by atoms with van der Waals surface area (Å²) in [5.74, 6) is 0.739. The van der Waals surface area contributed by atoms with Gasteiger partial charge in [-0.1, -0.05) is 399 Å². The topological polar surface area (TPSA) is 90.2 Å². The highest BCUT2D eigenvalue weighted by Crippen LogP contribution is 2.58. The van der Waals surface area contributed by atoms with E-state index in [0.29, 0.717) is 0 Å². The van der Waals surface area contributed by atoms with Crippen molar-refractivity contribution in [3.8, 4) is 112 Å². The molecule has 0 bridgehead atoms. The Balaban J connectivity index is 0.000000108. The zero-order chi connectivity index (χ0) is 85.0. The number of aromatic nitrogens is 7. The molecule has 0 fully saturated rings. The van der Waals surface area contributed by atoms with Crippen LogP contribution in [0.1, 0.15) is 74.9 Å². The maximum Gasteiger partial charge on any atom is 0.159 e. The molecule has 0 saturated heterocycles. The summed E-state index contributed by atoms with van der Waals surface area (Å²) in [4.78, 5) is 35.4. The van der Waals surface area contributed by atoms with Crippen molar-refractivity contribution in [1.82, 2.24) is 34.9 Å². The quantitative estimate of drug-likeness (QED) is 0.147. The van der Waals surface area contributed by atoms with Crippen LogP contribution in [-0.2, 0) is 16.2 Å². The third-order valence-electron chi connectivity index (χ3n) is 27.4. The molecule has 6 heterocycles. The van der Waals surface area contributed by atoms with Crippen LogP contribution in [-0.4, -0.2) is 34.9 Å². The highest BCUT2D eigenvalue weighted by Gasteiger charge is 2.43. The van der Waals surface area contributed by atoms with Gasteiger partial charge in [-0.15, -0.1) is 0 Å². The zero-order valence-corrected chi connectivity index (χ0v) is 71.2. The molecule has 17 aromatic carbocycles. The van der Waals surface area contributed by atoms with Gasteiger partial charge in [0.05, 0.1) is 56.1 Å². The van der Waals surface area contributed by atoms with E-state index in [1.807, 2.05) is 12.1 Å². The fourth-order valence-electron chi connectivity index (χ4n) is 21.3. The summed E-state index contributed by atoms with van der Waals surface area (Å²) in [6.45, 7) is 14.0. The van der Waals surface area contributed by atoms with Crippen LogP contribution in [0.5, 0.6) is 0 Å². The van der Waals surface area contributed by atoms with Crippen LogP contribution in [0.25, 0.3) is 221 Å². The van der Waals surface area contributed by atoms with Crippen LogP contribution in [0.3, 0.4) is 0 Å². The van der Waals surface area contributed by atoms with E-state index < -0.39 is 0 Å². The van der Waals surface area contributed by atoms with Crippen molar-refractivity contribution in [2.45, 2.75) is 57.8 Å². The first-order valence-electron chi connectivity index (χ1n) is 43.9. The Morgan fingerprint density at radius 3 is 0.929 bits per heavy atom. The zero-order valence-electron chi connectivity index (χ0n) is 71.2. The van der Waals surface area contributed by atoms with Gasteiger partial charge in [0.15, 0.2) is 5.82 Å². The molecular formula is C120H83N7. The lowest BCUT2D eigenvalue weighted by atomic mass is 9.78. The van der Waals surface area contributed by atoms with E-state index in [9.17, 15) is 0 Å². The highest BCUT2D eigenvalue weighted by molar-refractivity contribution is 6.18. The lowest BCUT2D eigenvalue weighted by Gasteiger charge is -2.25. The van der Waals surface area contributed by atoms with Crippen LogP contribution in [0.4, 0.5) is 0 Å². The molecule has 7 heteroatoms. The summed E-state index contributed by atoms with van der Waals surface area (Å²) in [6.07, 6.45) is 3.56. The molecule has 26 rings (SSSR count). The predicted octanol–water partition coefficient (Wildman–Crippen LogP) is 30.9. The van der Waals surface area contributed by atoms with E-state index in [-0.39, 0.29) is 16.2 Å². The molecule has 23 aromatic rings. The first-order chi connectivity index (χ1) is 62.3. The Kier molecular flexibility index (Phi) is 17.2. The number of fused-ring (bicyclic) bond motifs is 24. The summed E-state index contributed by atoms with van der Waals surface area (Å²) >= 11 is 0. The maximum absolute atomic E-state index is 5.44. The Labute approximate surface area is 736 Å². The van der Waals surface area contributed by atoms with Crippen LogP contribution in [0, 0.1) is 0 Å². The standard InChI is InChI=1S/C46H31N3.C42H29N.C32H23N3/c1-46(2)37-15-9-8-14-35(37)45-41(46)40(36-25-22-28-10-6-7-13-34(28)44(36)49-45)31-18-16-30(17-19-31)39-27-24-33-21-20-32-23-26-38(29-11-4-3-5-12-29)47-42(32)43(33)48-39;1-42(2)37-18-10-9-17-34(37)41-39(42)38(35-24-23-26-11-3-6-14-31(26)40(35)43-41)28-21-19-27(20-22-28)36-25-29-12-4-5-13-30(29)32-15-7-8-16-33(32)36;1-32(2)26-11-6-5-10-24(26)30-28(32)27(21-12-14-22(15-13-21)31-33-18-7-19-34-31)25-17-16-20-8-3-4-9-23(20)29(25)35-30/h3-27H,1-2H3;3-25H,1-2H3;3-19H,1-2H3. The monoisotopic (exact) mass is 1620 g/mol. The third kappa shape index (κ3) is 12.0. The molecular weight excluding hydrogens is 1540 g/mol. The van der Waals surface area contributed by atoms with Gasteiger partial charge < -0.3 is 0 Å².